The van der Waals surface area contributed by atoms with E-state index in [4.69, 9.17) is 5.73 Å². The Morgan fingerprint density at radius 3 is 1.46 bits per heavy atom. The van der Waals surface area contributed by atoms with E-state index in [1.807, 2.05) is 6.07 Å². The number of amides is 1. The summed E-state index contributed by atoms with van der Waals surface area (Å²) in [6.45, 7) is 4.17. The number of nitrogens with one attached hydrogen (secondary N) is 1. The molecule has 0 fully saturated rings. The summed E-state index contributed by atoms with van der Waals surface area (Å²) in [6, 6.07) is 27.8. The molecule has 4 aromatic rings. The molecule has 5 heteroatoms. The molecule has 4 rings (SSSR count). The maximum absolute atomic E-state index is 10.3. The molecule has 0 radical (unpaired) electrons. The first-order valence-corrected chi connectivity index (χ1v) is 9.13. The molecule has 0 saturated heterocycles. The van der Waals surface area contributed by atoms with Crippen molar-refractivity contribution >= 4 is 31.3 Å². The SMILES string of the molecule is C[C](C)=[Ti+2].[Cl-].[Cl-].[NH-]C(=O)c1ccccc1.c1ccc2c(c1)[cH-]c1ccccc12. The monoisotopic (exact) mass is 445 g/mol. The smallest absolute Gasteiger partial charge is 0.0796 e. The molecule has 0 heterocycles. The minimum atomic E-state index is -0.629. The fourth-order valence-corrected chi connectivity index (χ4v) is 2.49. The summed E-state index contributed by atoms with van der Waals surface area (Å²) < 4.78 is 1.42. The van der Waals surface area contributed by atoms with E-state index >= 15 is 0 Å². The van der Waals surface area contributed by atoms with Gasteiger partial charge in [0.2, 0.25) is 0 Å². The third-order valence-electron chi connectivity index (χ3n) is 3.56. The Labute approximate surface area is 190 Å². The number of hydrogen-bond acceptors (Lipinski definition) is 1. The second-order valence-corrected chi connectivity index (χ2v) is 7.58. The van der Waals surface area contributed by atoms with Crippen molar-refractivity contribution in [3.8, 4) is 0 Å². The van der Waals surface area contributed by atoms with Crippen LogP contribution in [0.1, 0.15) is 24.2 Å². The van der Waals surface area contributed by atoms with Crippen molar-refractivity contribution in [3.63, 3.8) is 0 Å². The second-order valence-electron chi connectivity index (χ2n) is 6.01. The van der Waals surface area contributed by atoms with Crippen LogP contribution >= 0.6 is 0 Å². The van der Waals surface area contributed by atoms with Gasteiger partial charge in [0.05, 0.1) is 5.91 Å². The molecule has 0 unspecified atom stereocenters. The Morgan fingerprint density at radius 2 is 1.11 bits per heavy atom. The van der Waals surface area contributed by atoms with Crippen LogP contribution in [-0.4, -0.2) is 9.72 Å². The van der Waals surface area contributed by atoms with Crippen molar-refractivity contribution in [1.82, 2.24) is 0 Å². The fraction of sp³-hybridized carbons (Fsp3) is 0.0870. The van der Waals surface area contributed by atoms with Crippen LogP contribution in [0.15, 0.2) is 84.9 Å². The van der Waals surface area contributed by atoms with E-state index in [2.05, 4.69) is 88.4 Å². The van der Waals surface area contributed by atoms with Crippen molar-refractivity contribution in [2.45, 2.75) is 13.8 Å². The topological polar surface area (TPSA) is 40.9 Å². The van der Waals surface area contributed by atoms with Gasteiger partial charge in [0.1, 0.15) is 0 Å². The summed E-state index contributed by atoms with van der Waals surface area (Å²) in [7, 11) is 0. The fourth-order valence-electron chi connectivity index (χ4n) is 2.49. The maximum Gasteiger partial charge on any atom is 0.0796 e. The Hall–Kier alpha value is -1.84. The van der Waals surface area contributed by atoms with Gasteiger partial charge >= 0.3 is 37.6 Å². The van der Waals surface area contributed by atoms with Crippen LogP contribution in [0.2, 0.25) is 0 Å². The van der Waals surface area contributed by atoms with Gasteiger partial charge < -0.3 is 35.3 Å². The van der Waals surface area contributed by atoms with E-state index in [0.29, 0.717) is 5.56 Å². The first-order chi connectivity index (χ1) is 12.5. The largest absolute Gasteiger partial charge is 1.00 e. The van der Waals surface area contributed by atoms with Gasteiger partial charge in [0.25, 0.3) is 0 Å². The van der Waals surface area contributed by atoms with Gasteiger partial charge in [-0.2, -0.15) is 0 Å². The van der Waals surface area contributed by atoms with Crippen molar-refractivity contribution in [2.75, 3.05) is 0 Å². The van der Waals surface area contributed by atoms with Crippen LogP contribution in [0, 0.1) is 0 Å². The van der Waals surface area contributed by atoms with E-state index in [0.717, 1.165) is 0 Å². The van der Waals surface area contributed by atoms with Crippen LogP contribution < -0.4 is 24.8 Å². The maximum atomic E-state index is 10.3. The summed E-state index contributed by atoms with van der Waals surface area (Å²) >= 11 is 2.08. The summed E-state index contributed by atoms with van der Waals surface area (Å²) in [4.78, 5) is 10.3. The summed E-state index contributed by atoms with van der Waals surface area (Å²) in [5, 5.41) is 5.39. The molecule has 144 valence electrons. The Kier molecular flexibility index (Phi) is 12.5. The van der Waals surface area contributed by atoms with E-state index in [1.165, 1.54) is 25.4 Å². The van der Waals surface area contributed by atoms with Crippen molar-refractivity contribution in [3.05, 3.63) is 96.2 Å². The Bertz CT molecular complexity index is 958. The van der Waals surface area contributed by atoms with Crippen molar-refractivity contribution in [1.29, 1.82) is 0 Å². The zero-order valence-corrected chi connectivity index (χ0v) is 18.8. The minimum absolute atomic E-state index is 0. The predicted octanol–water partition coefficient (Wildman–Crippen LogP) is 0.344. The van der Waals surface area contributed by atoms with Gasteiger partial charge in [-0.05, 0) is 5.56 Å². The van der Waals surface area contributed by atoms with Gasteiger partial charge in [-0.3, -0.25) is 0 Å². The second kappa shape index (κ2) is 13.4. The van der Waals surface area contributed by atoms with Gasteiger partial charge in [-0.15, -0.1) is 39.7 Å². The first kappa shape index (κ1) is 26.2. The minimum Gasteiger partial charge on any atom is -1.00 e. The van der Waals surface area contributed by atoms with Crippen LogP contribution in [0.5, 0.6) is 0 Å². The molecule has 0 atom stereocenters. The standard InChI is InChI=1S/C13H9.C7H7NO.C3H6.2ClH.Ti/c1-3-7-12-10(5-1)9-11-6-2-4-8-13(11)12;8-7(9)6-4-2-1-3-5-6;1-3-2;;;/h1-9H;1-5H,(H2,8,9);1-2H3;2*1H;/q-1;;;;;+2/p-3. The Morgan fingerprint density at radius 1 is 0.750 bits per heavy atom. The van der Waals surface area contributed by atoms with E-state index in [9.17, 15) is 4.79 Å². The molecule has 2 nitrogen and oxygen atoms in total. The molecule has 0 spiro atoms. The molecule has 0 saturated carbocycles. The third kappa shape index (κ3) is 8.04. The van der Waals surface area contributed by atoms with Gasteiger partial charge in [-0.1, -0.05) is 66.7 Å². The third-order valence-corrected chi connectivity index (χ3v) is 3.56. The molecule has 4 aromatic carbocycles. The van der Waals surface area contributed by atoms with Gasteiger partial charge in [-0.25, -0.2) is 0 Å². The molecule has 0 aromatic heterocycles. The summed E-state index contributed by atoms with van der Waals surface area (Å²) in [5.74, 6) is -0.629. The zero-order chi connectivity index (χ0) is 18.9. The number of halogens is 2. The van der Waals surface area contributed by atoms with Crippen LogP contribution in [0.3, 0.4) is 0 Å². The predicted molar refractivity (Wildman–Crippen MR) is 108 cm³/mol. The number of fused-ring (bicyclic) bond motifs is 3. The van der Waals surface area contributed by atoms with Crippen LogP contribution in [0.4, 0.5) is 0 Å². The zero-order valence-electron chi connectivity index (χ0n) is 15.7. The molecule has 1 amide bonds. The van der Waals surface area contributed by atoms with E-state index < -0.39 is 5.91 Å². The van der Waals surface area contributed by atoms with Crippen molar-refractivity contribution < 1.29 is 49.6 Å². The first-order valence-electron chi connectivity index (χ1n) is 8.35. The molecule has 28 heavy (non-hydrogen) atoms. The molecule has 0 aliphatic heterocycles. The number of benzene rings is 3. The molecule has 0 aliphatic rings. The quantitative estimate of drug-likeness (QED) is 0.307. The number of carbonyl (C=O) groups is 1. The van der Waals surface area contributed by atoms with Crippen molar-refractivity contribution in [2.24, 2.45) is 0 Å². The van der Waals surface area contributed by atoms with Gasteiger partial charge in [0.15, 0.2) is 0 Å². The summed E-state index contributed by atoms with van der Waals surface area (Å²) in [6.07, 6.45) is 0. The van der Waals surface area contributed by atoms with Gasteiger partial charge in [0, 0.05) is 0 Å². The molecule has 0 aliphatic carbocycles. The number of hydrogen-bond donors (Lipinski definition) is 0. The number of carbonyl (C=O) groups excluding carboxylic acids is 1. The van der Waals surface area contributed by atoms with Crippen LogP contribution in [-0.2, 0) is 20.0 Å². The molecule has 0 bridgehead atoms. The molecule has 1 N–H and O–H groups in total. The average Bonchev–Trinajstić information content (AvgIpc) is 3.01. The molecular weight excluding hydrogens is 425 g/mol. The normalized spacial score (nSPS) is 9.00. The summed E-state index contributed by atoms with van der Waals surface area (Å²) in [5.41, 5.74) is 7.12. The van der Waals surface area contributed by atoms with E-state index in [1.54, 1.807) is 24.3 Å². The van der Waals surface area contributed by atoms with Crippen LogP contribution in [0.25, 0.3) is 27.3 Å². The Balaban J connectivity index is 0.000000432. The average molecular weight is 446 g/mol. The number of rotatable bonds is 1. The molecular formula is C23H21Cl2NOTi-2. The van der Waals surface area contributed by atoms with E-state index in [-0.39, 0.29) is 24.8 Å².